The first kappa shape index (κ1) is 16.0. The van der Waals surface area contributed by atoms with Crippen molar-refractivity contribution in [1.82, 2.24) is 14.8 Å². The lowest BCUT2D eigenvalue weighted by molar-refractivity contribution is 0.296. The summed E-state index contributed by atoms with van der Waals surface area (Å²) in [5, 5.41) is 7.68. The number of fused-ring (bicyclic) bond motifs is 1. The summed E-state index contributed by atoms with van der Waals surface area (Å²) < 4.78 is 14.2. The average Bonchev–Trinajstić information content (AvgIpc) is 3.05. The fraction of sp³-hybridized carbons (Fsp3) is 0.222. The Bertz CT molecular complexity index is 868. The Morgan fingerprint density at radius 3 is 2.96 bits per heavy atom. The van der Waals surface area contributed by atoms with E-state index in [2.05, 4.69) is 31.3 Å². The fourth-order valence-corrected chi connectivity index (χ4v) is 3.30. The number of aromatic nitrogens is 3. The molecule has 3 heterocycles. The molecular formula is C18H17BrN4O2. The molecule has 0 amide bonds. The molecule has 1 aliphatic heterocycles. The maximum atomic E-state index is 5.80. The summed E-state index contributed by atoms with van der Waals surface area (Å²) in [4.78, 5) is 4.42. The van der Waals surface area contributed by atoms with E-state index >= 15 is 0 Å². The maximum Gasteiger partial charge on any atom is 0.176 e. The molecule has 3 aromatic rings. The van der Waals surface area contributed by atoms with Crippen molar-refractivity contribution >= 4 is 21.6 Å². The van der Waals surface area contributed by atoms with E-state index in [-0.39, 0.29) is 0 Å². The number of nitrogens with one attached hydrogen (secondary N) is 1. The van der Waals surface area contributed by atoms with E-state index in [0.29, 0.717) is 19.8 Å². The topological polar surface area (TPSA) is 61.2 Å². The van der Waals surface area contributed by atoms with E-state index in [4.69, 9.17) is 9.47 Å². The number of hydrogen-bond acceptors (Lipinski definition) is 5. The van der Waals surface area contributed by atoms with Crippen LogP contribution in [0.15, 0.2) is 53.4 Å². The molecule has 25 heavy (non-hydrogen) atoms. The Morgan fingerprint density at radius 2 is 2.08 bits per heavy atom. The van der Waals surface area contributed by atoms with Gasteiger partial charge in [-0.1, -0.05) is 0 Å². The lowest BCUT2D eigenvalue weighted by atomic mass is 10.2. The zero-order valence-electron chi connectivity index (χ0n) is 13.5. The Kier molecular flexibility index (Phi) is 4.56. The third-order valence-corrected chi connectivity index (χ3v) is 4.44. The van der Waals surface area contributed by atoms with Crippen molar-refractivity contribution in [3.63, 3.8) is 0 Å². The smallest absolute Gasteiger partial charge is 0.176 e. The second-order valence-corrected chi connectivity index (χ2v) is 6.49. The number of nitrogens with zero attached hydrogens (tertiary/aromatic N) is 3. The molecule has 128 valence electrons. The summed E-state index contributed by atoms with van der Waals surface area (Å²) in [6.45, 7) is 1.98. The quantitative estimate of drug-likeness (QED) is 0.721. The van der Waals surface area contributed by atoms with Gasteiger partial charge in [-0.2, -0.15) is 5.10 Å². The minimum atomic E-state index is 0.634. The van der Waals surface area contributed by atoms with Crippen molar-refractivity contribution in [3.05, 3.63) is 59.0 Å². The predicted molar refractivity (Wildman–Crippen MR) is 98.4 cm³/mol. The largest absolute Gasteiger partial charge is 0.490 e. The second kappa shape index (κ2) is 7.14. The van der Waals surface area contributed by atoms with Crippen molar-refractivity contribution < 1.29 is 9.47 Å². The molecule has 0 radical (unpaired) electrons. The first-order valence-corrected chi connectivity index (χ1v) is 8.87. The molecule has 0 fully saturated rings. The molecule has 0 saturated carbocycles. The second-order valence-electron chi connectivity index (χ2n) is 5.63. The Labute approximate surface area is 153 Å². The van der Waals surface area contributed by atoms with Crippen LogP contribution in [-0.2, 0) is 6.54 Å². The monoisotopic (exact) mass is 400 g/mol. The van der Waals surface area contributed by atoms with Gasteiger partial charge in [-0.15, -0.1) is 0 Å². The Hall–Kier alpha value is -2.54. The summed E-state index contributed by atoms with van der Waals surface area (Å²) in [7, 11) is 0. The zero-order chi connectivity index (χ0) is 17.1. The molecule has 1 N–H and O–H groups in total. The highest BCUT2D eigenvalue weighted by molar-refractivity contribution is 9.10. The lowest BCUT2D eigenvalue weighted by Gasteiger charge is -2.14. The van der Waals surface area contributed by atoms with Crippen molar-refractivity contribution in [2.45, 2.75) is 13.0 Å². The summed E-state index contributed by atoms with van der Waals surface area (Å²) in [6, 6.07) is 9.83. The van der Waals surface area contributed by atoms with Crippen LogP contribution in [0, 0.1) is 0 Å². The van der Waals surface area contributed by atoms with Gasteiger partial charge in [0.05, 0.1) is 23.4 Å². The van der Waals surface area contributed by atoms with E-state index in [1.165, 1.54) is 0 Å². The van der Waals surface area contributed by atoms with Gasteiger partial charge in [0.1, 0.15) is 0 Å². The number of halogens is 1. The van der Waals surface area contributed by atoms with Crippen LogP contribution in [0.1, 0.15) is 12.0 Å². The first-order valence-electron chi connectivity index (χ1n) is 8.08. The van der Waals surface area contributed by atoms with Gasteiger partial charge in [-0.25, -0.2) is 9.67 Å². The number of benzene rings is 1. The van der Waals surface area contributed by atoms with Gasteiger partial charge in [0.2, 0.25) is 0 Å². The van der Waals surface area contributed by atoms with Crippen molar-refractivity contribution in [2.75, 3.05) is 18.5 Å². The Balaban J connectivity index is 1.57. The molecule has 0 aliphatic carbocycles. The minimum Gasteiger partial charge on any atom is -0.490 e. The van der Waals surface area contributed by atoms with Crippen LogP contribution in [0.4, 0.5) is 5.69 Å². The molecule has 0 unspecified atom stereocenters. The van der Waals surface area contributed by atoms with Crippen LogP contribution in [-0.4, -0.2) is 28.0 Å². The summed E-state index contributed by atoms with van der Waals surface area (Å²) in [6.07, 6.45) is 6.25. The van der Waals surface area contributed by atoms with Crippen LogP contribution in [0.25, 0.3) is 5.82 Å². The number of ether oxygens (including phenoxy) is 2. The number of rotatable bonds is 4. The van der Waals surface area contributed by atoms with Crippen molar-refractivity contribution in [2.24, 2.45) is 0 Å². The SMILES string of the molecule is Brc1cc(CNc2cccnc2-n2cccn2)cc2c1OCCCO2. The molecule has 0 saturated heterocycles. The van der Waals surface area contributed by atoms with E-state index < -0.39 is 0 Å². The van der Waals surface area contributed by atoms with Gasteiger partial charge >= 0.3 is 0 Å². The molecule has 6 nitrogen and oxygen atoms in total. The first-order chi connectivity index (χ1) is 12.3. The highest BCUT2D eigenvalue weighted by Gasteiger charge is 2.15. The normalized spacial score (nSPS) is 13.3. The van der Waals surface area contributed by atoms with Gasteiger partial charge in [0.25, 0.3) is 0 Å². The van der Waals surface area contributed by atoms with Crippen LogP contribution in [0.3, 0.4) is 0 Å². The van der Waals surface area contributed by atoms with E-state index in [0.717, 1.165) is 39.5 Å². The van der Waals surface area contributed by atoms with Crippen LogP contribution >= 0.6 is 15.9 Å². The highest BCUT2D eigenvalue weighted by Crippen LogP contribution is 2.38. The van der Waals surface area contributed by atoms with Crippen LogP contribution in [0.5, 0.6) is 11.5 Å². The summed E-state index contributed by atoms with van der Waals surface area (Å²) in [5.41, 5.74) is 2.00. The molecule has 2 aromatic heterocycles. The number of pyridine rings is 1. The molecule has 0 spiro atoms. The van der Waals surface area contributed by atoms with E-state index in [1.807, 2.05) is 36.5 Å². The maximum absolute atomic E-state index is 5.80. The van der Waals surface area contributed by atoms with Gasteiger partial charge in [0.15, 0.2) is 17.3 Å². The minimum absolute atomic E-state index is 0.634. The van der Waals surface area contributed by atoms with Crippen molar-refractivity contribution in [1.29, 1.82) is 0 Å². The Morgan fingerprint density at radius 1 is 1.16 bits per heavy atom. The molecule has 0 atom stereocenters. The summed E-state index contributed by atoms with van der Waals surface area (Å²) >= 11 is 3.58. The van der Waals surface area contributed by atoms with Gasteiger partial charge in [-0.3, -0.25) is 0 Å². The van der Waals surface area contributed by atoms with Gasteiger partial charge in [-0.05, 0) is 51.8 Å². The molecule has 0 bridgehead atoms. The molecular weight excluding hydrogens is 384 g/mol. The summed E-state index contributed by atoms with van der Waals surface area (Å²) in [5.74, 6) is 2.32. The van der Waals surface area contributed by atoms with Gasteiger partial charge < -0.3 is 14.8 Å². The highest BCUT2D eigenvalue weighted by atomic mass is 79.9. The molecule has 1 aromatic carbocycles. The van der Waals surface area contributed by atoms with Gasteiger partial charge in [0, 0.05) is 31.6 Å². The van der Waals surface area contributed by atoms with Crippen LogP contribution in [0.2, 0.25) is 0 Å². The molecule has 7 heteroatoms. The standard InChI is InChI=1S/C18H17BrN4O2/c19-14-10-13(11-16-17(14)25-9-3-8-24-16)12-21-15-4-1-5-20-18(15)23-7-2-6-22-23/h1-2,4-7,10-11,21H,3,8-9,12H2. The fourth-order valence-electron chi connectivity index (χ4n) is 2.70. The average molecular weight is 401 g/mol. The lowest BCUT2D eigenvalue weighted by Crippen LogP contribution is -2.07. The zero-order valence-corrected chi connectivity index (χ0v) is 15.1. The van der Waals surface area contributed by atoms with E-state index in [1.54, 1.807) is 17.1 Å². The third kappa shape index (κ3) is 3.46. The van der Waals surface area contributed by atoms with Crippen molar-refractivity contribution in [3.8, 4) is 17.3 Å². The van der Waals surface area contributed by atoms with E-state index in [9.17, 15) is 0 Å². The third-order valence-electron chi connectivity index (χ3n) is 3.85. The number of anilines is 1. The molecule has 4 rings (SSSR count). The molecule has 1 aliphatic rings. The van der Waals surface area contributed by atoms with Crippen LogP contribution < -0.4 is 14.8 Å². The number of hydrogen-bond donors (Lipinski definition) is 1. The predicted octanol–water partition coefficient (Wildman–Crippen LogP) is 3.80.